The van der Waals surface area contributed by atoms with Gasteiger partial charge >= 0.3 is 13.8 Å². The van der Waals surface area contributed by atoms with Crippen molar-refractivity contribution in [1.29, 1.82) is 0 Å². The monoisotopic (exact) mass is 558 g/mol. The van der Waals surface area contributed by atoms with Crippen molar-refractivity contribution >= 4 is 13.8 Å². The number of carbonyl (C=O) groups excluding carboxylic acids is 1. The molecule has 38 heavy (non-hydrogen) atoms. The van der Waals surface area contributed by atoms with Crippen LogP contribution in [0.25, 0.3) is 0 Å². The maximum Gasteiger partial charge on any atom is 0.472 e. The summed E-state index contributed by atoms with van der Waals surface area (Å²) in [7, 11) is -4.50. The number of ether oxygens (including phenoxy) is 1. The number of esters is 1. The third kappa shape index (κ3) is 25.8. The summed E-state index contributed by atoms with van der Waals surface area (Å²) in [6.07, 6.45) is 27.6. The van der Waals surface area contributed by atoms with Gasteiger partial charge in [0.05, 0.1) is 19.8 Å². The lowest BCUT2D eigenvalue weighted by molar-refractivity contribution is -0.147. The Balaban J connectivity index is 3.69. The second-order valence-electron chi connectivity index (χ2n) is 8.54. The van der Waals surface area contributed by atoms with Crippen molar-refractivity contribution in [2.75, 3.05) is 26.4 Å². The van der Waals surface area contributed by atoms with Gasteiger partial charge in [-0.1, -0.05) is 74.1 Å². The van der Waals surface area contributed by atoms with Gasteiger partial charge in [-0.2, -0.15) is 0 Å². The Kier molecular flexibility index (Phi) is 24.2. The van der Waals surface area contributed by atoms with E-state index in [9.17, 15) is 19.4 Å². The molecule has 0 aromatic rings. The van der Waals surface area contributed by atoms with Crippen LogP contribution in [-0.2, 0) is 23.1 Å². The van der Waals surface area contributed by atoms with Gasteiger partial charge in [-0.3, -0.25) is 13.8 Å². The number of carbonyl (C=O) groups is 1. The van der Waals surface area contributed by atoms with E-state index < -0.39 is 45.8 Å². The number of unbranched alkanes of at least 4 members (excludes halogenated alkanes) is 3. The number of allylic oxidation sites excluding steroid dienone is 10. The van der Waals surface area contributed by atoms with Gasteiger partial charge in [0.25, 0.3) is 0 Å². The Labute approximate surface area is 227 Å². The molecule has 3 unspecified atom stereocenters. The molecule has 0 bridgehead atoms. The zero-order valence-electron chi connectivity index (χ0n) is 22.6. The standard InChI is InChI=1S/C28H47O9P/c1-2-3-4-5-6-7-8-9-10-11-12-13-14-15-16-17-18-19-20-21-28(32)35-23-27(31)25-37-38(33,34)36-24-26(30)22-29/h3-4,6-7,9-10,12-13,15-16,26-27,29-31H,2,5,8,11,14,17-25H2,1H3,(H,33,34)/b4-3-,7-6-,10-9-,13-12-,16-15-. The highest BCUT2D eigenvalue weighted by atomic mass is 31.2. The molecule has 0 aromatic carbocycles. The maximum atomic E-state index is 11.8. The molecule has 9 nitrogen and oxygen atoms in total. The molecule has 0 aliphatic heterocycles. The summed E-state index contributed by atoms with van der Waals surface area (Å²) in [5.41, 5.74) is 0. The van der Waals surface area contributed by atoms with Crippen LogP contribution in [-0.4, -0.2) is 64.8 Å². The molecule has 0 heterocycles. The van der Waals surface area contributed by atoms with E-state index in [1.54, 1.807) is 0 Å². The normalized spacial score (nSPS) is 15.8. The Morgan fingerprint density at radius 3 is 1.76 bits per heavy atom. The van der Waals surface area contributed by atoms with Crippen molar-refractivity contribution < 1.29 is 43.4 Å². The smallest absolute Gasteiger partial charge is 0.463 e. The summed E-state index contributed by atoms with van der Waals surface area (Å²) < 4.78 is 25.5. The van der Waals surface area contributed by atoms with Crippen LogP contribution >= 0.6 is 7.82 Å². The first-order valence-corrected chi connectivity index (χ1v) is 14.8. The molecule has 0 saturated carbocycles. The lowest BCUT2D eigenvalue weighted by atomic mass is 10.1. The molecule has 218 valence electrons. The van der Waals surface area contributed by atoms with Crippen molar-refractivity contribution in [3.8, 4) is 0 Å². The Morgan fingerprint density at radius 1 is 0.737 bits per heavy atom. The van der Waals surface area contributed by atoms with Crippen molar-refractivity contribution in [3.63, 3.8) is 0 Å². The average molecular weight is 559 g/mol. The highest BCUT2D eigenvalue weighted by Crippen LogP contribution is 2.43. The summed E-state index contributed by atoms with van der Waals surface area (Å²) in [5, 5.41) is 27.4. The van der Waals surface area contributed by atoms with Gasteiger partial charge in [-0.25, -0.2) is 4.57 Å². The minimum Gasteiger partial charge on any atom is -0.463 e. The number of hydrogen-bond acceptors (Lipinski definition) is 8. The zero-order chi connectivity index (χ0) is 28.3. The van der Waals surface area contributed by atoms with Crippen LogP contribution in [0.5, 0.6) is 0 Å². The van der Waals surface area contributed by atoms with Crippen LogP contribution in [0.1, 0.15) is 71.1 Å². The predicted octanol–water partition coefficient (Wildman–Crippen LogP) is 5.08. The number of aliphatic hydroxyl groups excluding tert-OH is 3. The van der Waals surface area contributed by atoms with E-state index in [0.29, 0.717) is 6.42 Å². The minimum atomic E-state index is -4.50. The molecule has 0 rings (SSSR count). The number of phosphoric ester groups is 1. The topological polar surface area (TPSA) is 143 Å². The van der Waals surface area contributed by atoms with Crippen molar-refractivity contribution in [2.45, 2.75) is 83.3 Å². The predicted molar refractivity (Wildman–Crippen MR) is 149 cm³/mol. The van der Waals surface area contributed by atoms with E-state index in [0.717, 1.165) is 51.4 Å². The fraction of sp³-hybridized carbons (Fsp3) is 0.607. The Morgan fingerprint density at radius 2 is 1.24 bits per heavy atom. The maximum absolute atomic E-state index is 11.8. The van der Waals surface area contributed by atoms with E-state index in [4.69, 9.17) is 14.9 Å². The van der Waals surface area contributed by atoms with E-state index in [2.05, 4.69) is 76.7 Å². The van der Waals surface area contributed by atoms with Gasteiger partial charge in [0, 0.05) is 6.42 Å². The molecule has 0 amide bonds. The first-order chi connectivity index (χ1) is 18.3. The lowest BCUT2D eigenvalue weighted by Crippen LogP contribution is -2.24. The number of hydrogen-bond donors (Lipinski definition) is 4. The summed E-state index contributed by atoms with van der Waals surface area (Å²) in [4.78, 5) is 21.2. The first-order valence-electron chi connectivity index (χ1n) is 13.3. The van der Waals surface area contributed by atoms with Crippen LogP contribution in [0.2, 0.25) is 0 Å². The fourth-order valence-electron chi connectivity index (χ4n) is 2.84. The molecule has 0 saturated heterocycles. The summed E-state index contributed by atoms with van der Waals surface area (Å²) in [6.45, 7) is -0.0754. The van der Waals surface area contributed by atoms with E-state index >= 15 is 0 Å². The largest absolute Gasteiger partial charge is 0.472 e. The first kappa shape index (κ1) is 36.2. The number of rotatable bonds is 24. The molecule has 0 radical (unpaired) electrons. The second kappa shape index (κ2) is 25.4. The van der Waals surface area contributed by atoms with Gasteiger partial charge in [0.1, 0.15) is 18.8 Å². The zero-order valence-corrected chi connectivity index (χ0v) is 23.5. The van der Waals surface area contributed by atoms with Gasteiger partial charge in [0.2, 0.25) is 0 Å². The third-order valence-electron chi connectivity index (χ3n) is 4.92. The molecular weight excluding hydrogens is 511 g/mol. The SMILES string of the molecule is CC/C=C\C/C=C\C/C=C\C/C=C\C/C=C\CCCCCC(=O)OCC(O)COP(=O)(O)OCC(O)CO. The Bertz CT molecular complexity index is 774. The number of aliphatic hydroxyl groups is 3. The summed E-state index contributed by atoms with van der Waals surface area (Å²) >= 11 is 0. The highest BCUT2D eigenvalue weighted by Gasteiger charge is 2.24. The summed E-state index contributed by atoms with van der Waals surface area (Å²) in [5.74, 6) is -0.464. The van der Waals surface area contributed by atoms with Crippen molar-refractivity contribution in [2.24, 2.45) is 0 Å². The quantitative estimate of drug-likeness (QED) is 0.0552. The molecule has 0 aliphatic rings. The number of phosphoric acid groups is 1. The van der Waals surface area contributed by atoms with Crippen molar-refractivity contribution in [1.82, 2.24) is 0 Å². The van der Waals surface area contributed by atoms with Crippen LogP contribution in [0.15, 0.2) is 60.8 Å². The second-order valence-corrected chi connectivity index (χ2v) is 9.99. The molecular formula is C28H47O9P. The molecule has 10 heteroatoms. The van der Waals surface area contributed by atoms with Gasteiger partial charge < -0.3 is 24.9 Å². The van der Waals surface area contributed by atoms with Gasteiger partial charge in [0.15, 0.2) is 0 Å². The van der Waals surface area contributed by atoms with E-state index in [1.807, 2.05) is 0 Å². The molecule has 0 fully saturated rings. The van der Waals surface area contributed by atoms with E-state index in [-0.39, 0.29) is 13.0 Å². The minimum absolute atomic E-state index is 0.222. The fourth-order valence-corrected chi connectivity index (χ4v) is 3.63. The average Bonchev–Trinajstić information content (AvgIpc) is 2.90. The van der Waals surface area contributed by atoms with Crippen LogP contribution < -0.4 is 0 Å². The van der Waals surface area contributed by atoms with Gasteiger partial charge in [-0.15, -0.1) is 0 Å². The molecule has 0 aliphatic carbocycles. The Hall–Kier alpha value is -1.84. The van der Waals surface area contributed by atoms with Crippen LogP contribution in [0.3, 0.4) is 0 Å². The molecule has 0 spiro atoms. The van der Waals surface area contributed by atoms with Crippen LogP contribution in [0, 0.1) is 0 Å². The highest BCUT2D eigenvalue weighted by molar-refractivity contribution is 7.47. The van der Waals surface area contributed by atoms with E-state index in [1.165, 1.54) is 0 Å². The summed E-state index contributed by atoms with van der Waals surface area (Å²) in [6, 6.07) is 0. The molecule has 0 aromatic heterocycles. The van der Waals surface area contributed by atoms with Crippen molar-refractivity contribution in [3.05, 3.63) is 60.8 Å². The molecule has 4 N–H and O–H groups in total. The molecule has 3 atom stereocenters. The third-order valence-corrected chi connectivity index (χ3v) is 5.87. The lowest BCUT2D eigenvalue weighted by Gasteiger charge is -2.16. The van der Waals surface area contributed by atoms with Gasteiger partial charge in [-0.05, 0) is 51.4 Å². The van der Waals surface area contributed by atoms with Crippen LogP contribution in [0.4, 0.5) is 0 Å².